The zero-order valence-corrected chi connectivity index (χ0v) is 5.63. The Balaban J connectivity index is 2.99. The number of rotatable bonds is 4. The molecule has 0 saturated carbocycles. The van der Waals surface area contributed by atoms with Gasteiger partial charge in [0.15, 0.2) is 0 Å². The van der Waals surface area contributed by atoms with Crippen molar-refractivity contribution in [3.8, 4) is 12.3 Å². The van der Waals surface area contributed by atoms with Crippen LogP contribution >= 0.6 is 0 Å². The lowest BCUT2D eigenvalue weighted by atomic mass is 10.4. The minimum absolute atomic E-state index is 0.128. The van der Waals surface area contributed by atoms with Crippen LogP contribution in [0.3, 0.4) is 0 Å². The predicted octanol–water partition coefficient (Wildman–Crippen LogP) is 0.407. The summed E-state index contributed by atoms with van der Waals surface area (Å²) < 4.78 is 5.04. The second-order valence-corrected chi connectivity index (χ2v) is 1.76. The zero-order chi connectivity index (χ0) is 7.11. The van der Waals surface area contributed by atoms with Gasteiger partial charge in [0.25, 0.3) is 0 Å². The van der Waals surface area contributed by atoms with E-state index in [2.05, 4.69) is 5.92 Å². The summed E-state index contributed by atoms with van der Waals surface area (Å²) in [5.74, 6) is 2.42. The van der Waals surface area contributed by atoms with Crippen molar-refractivity contribution >= 4 is 0 Å². The SMILES string of the molecule is C#CC(C)OCCCO. The third-order valence-corrected chi connectivity index (χ3v) is 0.905. The van der Waals surface area contributed by atoms with Gasteiger partial charge in [-0.3, -0.25) is 0 Å². The minimum atomic E-state index is -0.128. The highest BCUT2D eigenvalue weighted by molar-refractivity contribution is 4.91. The molecule has 0 aliphatic heterocycles. The Morgan fingerprint density at radius 1 is 1.78 bits per heavy atom. The van der Waals surface area contributed by atoms with Crippen LogP contribution in [0.2, 0.25) is 0 Å². The molecule has 0 aromatic heterocycles. The fourth-order valence-electron chi connectivity index (χ4n) is 0.373. The first-order chi connectivity index (χ1) is 4.31. The maximum absolute atomic E-state index is 8.32. The van der Waals surface area contributed by atoms with Crippen molar-refractivity contribution in [1.29, 1.82) is 0 Å². The van der Waals surface area contributed by atoms with E-state index < -0.39 is 0 Å². The van der Waals surface area contributed by atoms with Gasteiger partial charge in [-0.2, -0.15) is 0 Å². The predicted molar refractivity (Wildman–Crippen MR) is 35.9 cm³/mol. The van der Waals surface area contributed by atoms with Gasteiger partial charge in [-0.15, -0.1) is 6.42 Å². The molecule has 0 bridgehead atoms. The summed E-state index contributed by atoms with van der Waals surface area (Å²) in [6, 6.07) is 0. The summed E-state index contributed by atoms with van der Waals surface area (Å²) in [7, 11) is 0. The molecule has 9 heavy (non-hydrogen) atoms. The zero-order valence-electron chi connectivity index (χ0n) is 5.63. The van der Waals surface area contributed by atoms with Gasteiger partial charge in [0.2, 0.25) is 0 Å². The maximum atomic E-state index is 8.32. The second kappa shape index (κ2) is 5.61. The molecule has 0 fully saturated rings. The van der Waals surface area contributed by atoms with Crippen LogP contribution in [0.25, 0.3) is 0 Å². The van der Waals surface area contributed by atoms with Crippen molar-refractivity contribution < 1.29 is 9.84 Å². The number of aliphatic hydroxyl groups excluding tert-OH is 1. The fourth-order valence-corrected chi connectivity index (χ4v) is 0.373. The molecule has 1 atom stereocenters. The van der Waals surface area contributed by atoms with Gasteiger partial charge in [-0.1, -0.05) is 5.92 Å². The molecule has 0 spiro atoms. The lowest BCUT2D eigenvalue weighted by molar-refractivity contribution is 0.0894. The number of hydrogen-bond donors (Lipinski definition) is 1. The molecule has 0 aliphatic carbocycles. The Kier molecular flexibility index (Phi) is 5.29. The number of aliphatic hydroxyl groups is 1. The first kappa shape index (κ1) is 8.48. The molecule has 1 N–H and O–H groups in total. The Labute approximate surface area is 55.8 Å². The van der Waals surface area contributed by atoms with E-state index in [1.54, 1.807) is 6.92 Å². The van der Waals surface area contributed by atoms with Crippen LogP contribution < -0.4 is 0 Å². The van der Waals surface area contributed by atoms with Crippen molar-refractivity contribution in [2.75, 3.05) is 13.2 Å². The first-order valence-corrected chi connectivity index (χ1v) is 3.00. The van der Waals surface area contributed by atoms with Gasteiger partial charge >= 0.3 is 0 Å². The summed E-state index contributed by atoms with van der Waals surface area (Å²) in [5, 5.41) is 8.32. The molecule has 0 aromatic rings. The molecule has 0 rings (SSSR count). The molecule has 0 amide bonds. The van der Waals surface area contributed by atoms with Crippen LogP contribution in [0.1, 0.15) is 13.3 Å². The highest BCUT2D eigenvalue weighted by Crippen LogP contribution is 1.88. The molecule has 2 heteroatoms. The van der Waals surface area contributed by atoms with Crippen molar-refractivity contribution in [3.63, 3.8) is 0 Å². The van der Waals surface area contributed by atoms with Gasteiger partial charge in [0.05, 0.1) is 6.61 Å². The highest BCUT2D eigenvalue weighted by Gasteiger charge is 1.92. The maximum Gasteiger partial charge on any atom is 0.115 e. The van der Waals surface area contributed by atoms with E-state index in [0.29, 0.717) is 13.0 Å². The Morgan fingerprint density at radius 3 is 2.89 bits per heavy atom. The average Bonchev–Trinajstić information content (AvgIpc) is 1.89. The van der Waals surface area contributed by atoms with Crippen molar-refractivity contribution in [2.24, 2.45) is 0 Å². The van der Waals surface area contributed by atoms with Gasteiger partial charge in [-0.05, 0) is 13.3 Å². The topological polar surface area (TPSA) is 29.5 Å². The van der Waals surface area contributed by atoms with Crippen LogP contribution in [-0.2, 0) is 4.74 Å². The summed E-state index contributed by atoms with van der Waals surface area (Å²) in [4.78, 5) is 0. The van der Waals surface area contributed by atoms with Crippen LogP contribution in [-0.4, -0.2) is 24.4 Å². The largest absolute Gasteiger partial charge is 0.396 e. The van der Waals surface area contributed by atoms with Crippen LogP contribution in [0.5, 0.6) is 0 Å². The molecular formula is C7H12O2. The molecule has 0 radical (unpaired) electrons. The molecule has 52 valence electrons. The van der Waals surface area contributed by atoms with E-state index in [1.165, 1.54) is 0 Å². The van der Waals surface area contributed by atoms with Crippen LogP contribution in [0, 0.1) is 12.3 Å². The molecule has 0 aliphatic rings. The summed E-state index contributed by atoms with van der Waals surface area (Å²) in [5.41, 5.74) is 0. The molecule has 0 heterocycles. The van der Waals surface area contributed by atoms with E-state index in [4.69, 9.17) is 16.3 Å². The van der Waals surface area contributed by atoms with Gasteiger partial charge in [-0.25, -0.2) is 0 Å². The molecule has 0 saturated heterocycles. The first-order valence-electron chi connectivity index (χ1n) is 3.00. The van der Waals surface area contributed by atoms with Crippen molar-refractivity contribution in [3.05, 3.63) is 0 Å². The third kappa shape index (κ3) is 5.35. The summed E-state index contributed by atoms with van der Waals surface area (Å²) in [6.07, 6.45) is 5.55. The van der Waals surface area contributed by atoms with Gasteiger partial charge in [0, 0.05) is 6.61 Å². The van der Waals surface area contributed by atoms with E-state index >= 15 is 0 Å². The molecule has 1 unspecified atom stereocenters. The minimum Gasteiger partial charge on any atom is -0.396 e. The Morgan fingerprint density at radius 2 is 2.44 bits per heavy atom. The summed E-state index contributed by atoms with van der Waals surface area (Å²) >= 11 is 0. The second-order valence-electron chi connectivity index (χ2n) is 1.76. The van der Waals surface area contributed by atoms with Crippen LogP contribution in [0.4, 0.5) is 0 Å². The Hall–Kier alpha value is -0.520. The fraction of sp³-hybridized carbons (Fsp3) is 0.714. The number of ether oxygens (including phenoxy) is 1. The quantitative estimate of drug-likeness (QED) is 0.439. The lowest BCUT2D eigenvalue weighted by Gasteiger charge is -2.03. The molecular weight excluding hydrogens is 116 g/mol. The number of terminal acetylenes is 1. The lowest BCUT2D eigenvalue weighted by Crippen LogP contribution is -2.06. The van der Waals surface area contributed by atoms with Crippen molar-refractivity contribution in [1.82, 2.24) is 0 Å². The van der Waals surface area contributed by atoms with E-state index in [1.807, 2.05) is 0 Å². The molecule has 2 nitrogen and oxygen atoms in total. The smallest absolute Gasteiger partial charge is 0.115 e. The highest BCUT2D eigenvalue weighted by atomic mass is 16.5. The third-order valence-electron chi connectivity index (χ3n) is 0.905. The Bertz CT molecular complexity index is 93.6. The standard InChI is InChI=1S/C7H12O2/c1-3-7(2)9-6-4-5-8/h1,7-8H,4-6H2,2H3. The average molecular weight is 128 g/mol. The van der Waals surface area contributed by atoms with E-state index in [0.717, 1.165) is 0 Å². The van der Waals surface area contributed by atoms with Crippen LogP contribution in [0.15, 0.2) is 0 Å². The van der Waals surface area contributed by atoms with Gasteiger partial charge < -0.3 is 9.84 Å². The van der Waals surface area contributed by atoms with E-state index in [9.17, 15) is 0 Å². The normalized spacial score (nSPS) is 12.6. The number of hydrogen-bond acceptors (Lipinski definition) is 2. The monoisotopic (exact) mass is 128 g/mol. The van der Waals surface area contributed by atoms with Gasteiger partial charge in [0.1, 0.15) is 6.10 Å². The summed E-state index contributed by atoms with van der Waals surface area (Å²) in [6.45, 7) is 2.51. The van der Waals surface area contributed by atoms with Crippen molar-refractivity contribution in [2.45, 2.75) is 19.4 Å². The van der Waals surface area contributed by atoms with E-state index in [-0.39, 0.29) is 12.7 Å². The molecule has 0 aromatic carbocycles.